The van der Waals surface area contributed by atoms with Crippen molar-refractivity contribution in [3.63, 3.8) is 0 Å². The fraction of sp³-hybridized carbons (Fsp3) is 0.304. The Hall–Kier alpha value is -3.55. The van der Waals surface area contributed by atoms with E-state index in [4.69, 9.17) is 0 Å². The van der Waals surface area contributed by atoms with Crippen molar-refractivity contribution in [3.05, 3.63) is 83.2 Å². The molecule has 0 saturated carbocycles. The molecule has 1 aromatic heterocycles. The third-order valence-electron chi connectivity index (χ3n) is 5.35. The number of hydrogen-bond acceptors (Lipinski definition) is 4. The monoisotopic (exact) mass is 421 g/mol. The molecule has 1 saturated heterocycles. The minimum atomic E-state index is -1.09. The second kappa shape index (κ2) is 9.07. The molecule has 1 aliphatic rings. The second-order valence-electron chi connectivity index (χ2n) is 7.81. The average molecular weight is 421 g/mol. The first-order valence-electron chi connectivity index (χ1n) is 10.2. The first-order valence-corrected chi connectivity index (χ1v) is 10.2. The molecule has 0 bridgehead atoms. The van der Waals surface area contributed by atoms with E-state index < -0.39 is 6.17 Å². The lowest BCUT2D eigenvalue weighted by Gasteiger charge is -2.24. The number of aromatic nitrogens is 3. The van der Waals surface area contributed by atoms with E-state index in [-0.39, 0.29) is 43.1 Å². The summed E-state index contributed by atoms with van der Waals surface area (Å²) in [5.74, 6) is -0.535. The van der Waals surface area contributed by atoms with E-state index in [9.17, 15) is 14.0 Å². The van der Waals surface area contributed by atoms with Crippen LogP contribution in [0, 0.1) is 6.92 Å². The molecular weight excluding hydrogens is 397 g/mol. The maximum atomic E-state index is 14.2. The van der Waals surface area contributed by atoms with Crippen LogP contribution in [0.25, 0.3) is 0 Å². The fourth-order valence-electron chi connectivity index (χ4n) is 3.80. The molecular formula is C23H24FN5O2. The predicted molar refractivity (Wildman–Crippen MR) is 113 cm³/mol. The van der Waals surface area contributed by atoms with Gasteiger partial charge < -0.3 is 10.2 Å². The van der Waals surface area contributed by atoms with Crippen LogP contribution in [0.3, 0.4) is 0 Å². The Labute approximate surface area is 179 Å². The van der Waals surface area contributed by atoms with Crippen molar-refractivity contribution < 1.29 is 14.0 Å². The molecule has 1 N–H and O–H groups in total. The Morgan fingerprint density at radius 1 is 1.16 bits per heavy atom. The highest BCUT2D eigenvalue weighted by molar-refractivity contribution is 5.95. The van der Waals surface area contributed by atoms with Crippen LogP contribution in [0.2, 0.25) is 0 Å². The van der Waals surface area contributed by atoms with Gasteiger partial charge in [-0.05, 0) is 24.6 Å². The molecule has 160 valence electrons. The number of nitrogens with zero attached hydrogens (tertiary/aromatic N) is 4. The lowest BCUT2D eigenvalue weighted by Crippen LogP contribution is -2.38. The smallest absolute Gasteiger partial charge is 0.273 e. The number of amides is 2. The SMILES string of the molecule is Cc1cccc(C(=O)N2C[C@@H](F)C[C@H]2Cn2cc(C(=O)NCc3ccccc3)nn2)c1. The van der Waals surface area contributed by atoms with Crippen LogP contribution in [0.15, 0.2) is 60.8 Å². The van der Waals surface area contributed by atoms with Gasteiger partial charge in [0.25, 0.3) is 11.8 Å². The van der Waals surface area contributed by atoms with Gasteiger partial charge in [0.05, 0.1) is 25.3 Å². The molecule has 7 nitrogen and oxygen atoms in total. The normalized spacial score (nSPS) is 18.2. The van der Waals surface area contributed by atoms with Crippen molar-refractivity contribution in [2.24, 2.45) is 0 Å². The minimum Gasteiger partial charge on any atom is -0.347 e. The van der Waals surface area contributed by atoms with Gasteiger partial charge in [-0.3, -0.25) is 9.59 Å². The first kappa shape index (κ1) is 20.7. The number of benzene rings is 2. The number of alkyl halides is 1. The van der Waals surface area contributed by atoms with Crippen LogP contribution in [0.5, 0.6) is 0 Å². The summed E-state index contributed by atoms with van der Waals surface area (Å²) in [5, 5.41) is 10.7. The highest BCUT2D eigenvalue weighted by Crippen LogP contribution is 2.24. The van der Waals surface area contributed by atoms with Crippen LogP contribution in [-0.4, -0.2) is 50.5 Å². The summed E-state index contributed by atoms with van der Waals surface area (Å²) >= 11 is 0. The van der Waals surface area contributed by atoms with Crippen LogP contribution in [-0.2, 0) is 13.1 Å². The van der Waals surface area contributed by atoms with Crippen molar-refractivity contribution in [1.82, 2.24) is 25.2 Å². The quantitative estimate of drug-likeness (QED) is 0.664. The molecule has 8 heteroatoms. The summed E-state index contributed by atoms with van der Waals surface area (Å²) in [6, 6.07) is 16.5. The molecule has 0 aliphatic carbocycles. The molecule has 31 heavy (non-hydrogen) atoms. The maximum Gasteiger partial charge on any atom is 0.273 e. The number of nitrogens with one attached hydrogen (secondary N) is 1. The zero-order chi connectivity index (χ0) is 21.8. The summed E-state index contributed by atoms with van der Waals surface area (Å²) < 4.78 is 15.7. The Balaban J connectivity index is 1.40. The van der Waals surface area contributed by atoms with Gasteiger partial charge in [0.2, 0.25) is 0 Å². The number of aryl methyl sites for hydroxylation is 1. The summed E-state index contributed by atoms with van der Waals surface area (Å²) in [6.07, 6.45) is 0.671. The number of carbonyl (C=O) groups is 2. The van der Waals surface area contributed by atoms with Gasteiger partial charge >= 0.3 is 0 Å². The molecule has 0 radical (unpaired) electrons. The van der Waals surface area contributed by atoms with E-state index in [1.54, 1.807) is 17.0 Å². The summed E-state index contributed by atoms with van der Waals surface area (Å²) in [4.78, 5) is 26.8. The third kappa shape index (κ3) is 4.96. The van der Waals surface area contributed by atoms with Gasteiger partial charge in [-0.25, -0.2) is 9.07 Å². The van der Waals surface area contributed by atoms with Crippen LogP contribution in [0.4, 0.5) is 4.39 Å². The number of likely N-dealkylation sites (tertiary alicyclic amines) is 1. The van der Waals surface area contributed by atoms with E-state index in [2.05, 4.69) is 15.6 Å². The third-order valence-corrected chi connectivity index (χ3v) is 5.35. The Kier molecular flexibility index (Phi) is 6.06. The molecule has 1 aliphatic heterocycles. The molecule has 2 aromatic carbocycles. The molecule has 4 rings (SSSR count). The Bertz CT molecular complexity index is 1070. The molecule has 0 spiro atoms. The summed E-state index contributed by atoms with van der Waals surface area (Å²) in [5.41, 5.74) is 2.68. The minimum absolute atomic E-state index is 0.0521. The Morgan fingerprint density at radius 3 is 2.74 bits per heavy atom. The topological polar surface area (TPSA) is 80.1 Å². The van der Waals surface area contributed by atoms with Gasteiger partial charge in [0.1, 0.15) is 6.17 Å². The van der Waals surface area contributed by atoms with E-state index in [1.807, 2.05) is 49.4 Å². The number of rotatable bonds is 6. The van der Waals surface area contributed by atoms with Crippen molar-refractivity contribution in [2.45, 2.75) is 38.6 Å². The van der Waals surface area contributed by atoms with Crippen LogP contribution in [0.1, 0.15) is 38.4 Å². The van der Waals surface area contributed by atoms with Gasteiger partial charge in [-0.1, -0.05) is 53.2 Å². The van der Waals surface area contributed by atoms with Gasteiger partial charge in [-0.15, -0.1) is 5.10 Å². The van der Waals surface area contributed by atoms with Crippen LogP contribution >= 0.6 is 0 Å². The zero-order valence-electron chi connectivity index (χ0n) is 17.2. The van der Waals surface area contributed by atoms with E-state index >= 15 is 0 Å². The fourth-order valence-corrected chi connectivity index (χ4v) is 3.80. The number of hydrogen-bond donors (Lipinski definition) is 1. The van der Waals surface area contributed by atoms with E-state index in [0.29, 0.717) is 12.1 Å². The average Bonchev–Trinajstić information content (AvgIpc) is 3.39. The standard InChI is InChI=1S/C23H24FN5O2/c1-16-6-5-9-18(10-16)23(31)29-13-19(24)11-20(29)14-28-15-21(26-27-28)22(30)25-12-17-7-3-2-4-8-17/h2-10,15,19-20H,11-14H2,1H3,(H,25,30)/t19-,20-/m0/s1. The Morgan fingerprint density at radius 2 is 1.97 bits per heavy atom. The van der Waals surface area contributed by atoms with Gasteiger partial charge in [0, 0.05) is 18.5 Å². The summed E-state index contributed by atoms with van der Waals surface area (Å²) in [7, 11) is 0. The molecule has 0 unspecified atom stereocenters. The van der Waals surface area contributed by atoms with Crippen molar-refractivity contribution in [3.8, 4) is 0 Å². The van der Waals surface area contributed by atoms with Crippen molar-refractivity contribution >= 4 is 11.8 Å². The second-order valence-corrected chi connectivity index (χ2v) is 7.81. The zero-order valence-corrected chi connectivity index (χ0v) is 17.2. The maximum absolute atomic E-state index is 14.2. The molecule has 2 atom stereocenters. The van der Waals surface area contributed by atoms with Crippen LogP contribution < -0.4 is 5.32 Å². The number of halogens is 1. The number of carbonyl (C=O) groups excluding carboxylic acids is 2. The van der Waals surface area contributed by atoms with Gasteiger partial charge in [0.15, 0.2) is 5.69 Å². The van der Waals surface area contributed by atoms with Crippen molar-refractivity contribution in [1.29, 1.82) is 0 Å². The first-order chi connectivity index (χ1) is 15.0. The van der Waals surface area contributed by atoms with Crippen molar-refractivity contribution in [2.75, 3.05) is 6.54 Å². The molecule has 3 aromatic rings. The largest absolute Gasteiger partial charge is 0.347 e. The predicted octanol–water partition coefficient (Wildman–Crippen LogP) is 2.77. The van der Waals surface area contributed by atoms with Gasteiger partial charge in [-0.2, -0.15) is 0 Å². The molecule has 1 fully saturated rings. The molecule has 2 heterocycles. The summed E-state index contributed by atoms with van der Waals surface area (Å²) in [6.45, 7) is 2.63. The highest BCUT2D eigenvalue weighted by Gasteiger charge is 2.36. The van der Waals surface area contributed by atoms with E-state index in [0.717, 1.165) is 11.1 Å². The lowest BCUT2D eigenvalue weighted by molar-refractivity contribution is 0.0714. The highest BCUT2D eigenvalue weighted by atomic mass is 19.1. The lowest BCUT2D eigenvalue weighted by atomic mass is 10.1. The van der Waals surface area contributed by atoms with E-state index in [1.165, 1.54) is 10.9 Å². The molecule has 2 amide bonds.